The van der Waals surface area contributed by atoms with E-state index in [-0.39, 0.29) is 30.1 Å². The first-order valence-electron chi connectivity index (χ1n) is 12.2. The first-order valence-corrected chi connectivity index (χ1v) is 13.4. The second-order valence-electron chi connectivity index (χ2n) is 8.88. The van der Waals surface area contributed by atoms with E-state index in [0.717, 1.165) is 17.5 Å². The Morgan fingerprint density at radius 1 is 1.18 bits per heavy atom. The molecule has 1 unspecified atom stereocenters. The third-order valence-electron chi connectivity index (χ3n) is 6.41. The average Bonchev–Trinajstić information content (AvgIpc) is 3.40. The number of nitro benzene ring substituents is 1. The zero-order valence-electron chi connectivity index (χ0n) is 20.9. The largest absolute Gasteiger partial charge is 0.385 e. The molecule has 3 aromatic rings. The van der Waals surface area contributed by atoms with E-state index in [1.54, 1.807) is 36.7 Å². The Morgan fingerprint density at radius 3 is 2.61 bits per heavy atom. The number of non-ortho nitro benzene ring substituents is 1. The van der Waals surface area contributed by atoms with Gasteiger partial charge in [0.05, 0.1) is 11.0 Å². The molecule has 198 valence electrons. The second kappa shape index (κ2) is 12.8. The number of hydrogen-bond donors (Lipinski definition) is 0. The summed E-state index contributed by atoms with van der Waals surface area (Å²) >= 11 is 7.81. The lowest BCUT2D eigenvalue weighted by Crippen LogP contribution is -2.46. The van der Waals surface area contributed by atoms with Crippen molar-refractivity contribution in [3.05, 3.63) is 103 Å². The van der Waals surface area contributed by atoms with Crippen molar-refractivity contribution in [1.82, 2.24) is 9.80 Å². The molecule has 10 heteroatoms. The van der Waals surface area contributed by atoms with Crippen LogP contribution in [0.4, 0.5) is 5.69 Å². The van der Waals surface area contributed by atoms with E-state index in [4.69, 9.17) is 16.3 Å². The maximum absolute atomic E-state index is 13.7. The van der Waals surface area contributed by atoms with Gasteiger partial charge in [-0.3, -0.25) is 19.7 Å². The fraction of sp³-hybridized carbons (Fsp3) is 0.286. The highest BCUT2D eigenvalue weighted by Gasteiger charge is 2.33. The molecule has 2 aromatic carbocycles. The van der Waals surface area contributed by atoms with Crippen LogP contribution in [0.3, 0.4) is 0 Å². The van der Waals surface area contributed by atoms with Gasteiger partial charge in [0.25, 0.3) is 5.69 Å². The molecule has 2 heterocycles. The summed E-state index contributed by atoms with van der Waals surface area (Å²) < 4.78 is 5.15. The van der Waals surface area contributed by atoms with Crippen LogP contribution in [0.5, 0.6) is 0 Å². The molecule has 0 bridgehead atoms. The molecule has 0 aliphatic carbocycles. The Kier molecular flexibility index (Phi) is 9.28. The highest BCUT2D eigenvalue weighted by molar-refractivity contribution is 7.10. The molecule has 1 aliphatic rings. The minimum atomic E-state index is -0.473. The van der Waals surface area contributed by atoms with Gasteiger partial charge in [-0.2, -0.15) is 0 Å². The van der Waals surface area contributed by atoms with Crippen LogP contribution in [0.2, 0.25) is 5.02 Å². The van der Waals surface area contributed by atoms with Crippen molar-refractivity contribution >= 4 is 46.5 Å². The molecule has 4 rings (SSSR count). The van der Waals surface area contributed by atoms with Crippen molar-refractivity contribution in [3.63, 3.8) is 0 Å². The van der Waals surface area contributed by atoms with Gasteiger partial charge in [0, 0.05) is 54.9 Å². The summed E-state index contributed by atoms with van der Waals surface area (Å²) in [6.07, 6.45) is 4.33. The van der Waals surface area contributed by atoms with E-state index >= 15 is 0 Å². The summed E-state index contributed by atoms with van der Waals surface area (Å²) in [5.74, 6) is -0.458. The molecular formula is C28H28ClN3O5S. The Bertz CT molecular complexity index is 1310. The topological polar surface area (TPSA) is 93.0 Å². The summed E-state index contributed by atoms with van der Waals surface area (Å²) in [6, 6.07) is 15.3. The highest BCUT2D eigenvalue weighted by atomic mass is 35.5. The van der Waals surface area contributed by atoms with Crippen LogP contribution in [0.1, 0.15) is 34.0 Å². The molecular weight excluding hydrogens is 526 g/mol. The van der Waals surface area contributed by atoms with Crippen molar-refractivity contribution in [2.75, 3.05) is 33.4 Å². The molecule has 0 saturated carbocycles. The molecule has 0 fully saturated rings. The summed E-state index contributed by atoms with van der Waals surface area (Å²) in [6.45, 7) is 1.29. The number of amides is 2. The SMILES string of the molecule is COCCCN(CC(=O)N1CCc2sccc2C1c1ccc(Cl)cc1)C(=O)/C=C/c1ccc([N+](=O)[O-])cc1. The standard InChI is InChI=1S/C28H28ClN3O5S/c1-37-17-2-15-30(26(33)12-5-20-3-10-23(11-4-20)32(35)36)19-27(34)31-16-13-25-24(14-18-38-25)28(31)21-6-8-22(29)9-7-21/h3-12,14,18,28H,2,13,15-17,19H2,1H3/b12-5+. The lowest BCUT2D eigenvalue weighted by molar-refractivity contribution is -0.384. The number of hydrogen-bond acceptors (Lipinski definition) is 6. The number of fused-ring (bicyclic) bond motifs is 1. The summed E-state index contributed by atoms with van der Waals surface area (Å²) in [5, 5.41) is 13.6. The number of halogens is 1. The third kappa shape index (κ3) is 6.66. The quantitative estimate of drug-likeness (QED) is 0.146. The van der Waals surface area contributed by atoms with Crippen LogP contribution in [-0.2, 0) is 20.7 Å². The van der Waals surface area contributed by atoms with Crippen LogP contribution in [0.15, 0.2) is 66.1 Å². The predicted octanol–water partition coefficient (Wildman–Crippen LogP) is 5.36. The summed E-state index contributed by atoms with van der Waals surface area (Å²) in [5.41, 5.74) is 2.70. The van der Waals surface area contributed by atoms with Gasteiger partial charge < -0.3 is 14.5 Å². The molecule has 0 saturated heterocycles. The van der Waals surface area contributed by atoms with Crippen molar-refractivity contribution in [1.29, 1.82) is 0 Å². The number of carbonyl (C=O) groups is 2. The number of ether oxygens (including phenoxy) is 1. The van der Waals surface area contributed by atoms with E-state index in [2.05, 4.69) is 6.07 Å². The van der Waals surface area contributed by atoms with Crippen LogP contribution in [0.25, 0.3) is 6.08 Å². The molecule has 0 radical (unpaired) electrons. The average molecular weight is 554 g/mol. The highest BCUT2D eigenvalue weighted by Crippen LogP contribution is 2.38. The van der Waals surface area contributed by atoms with Gasteiger partial charge in [-0.05, 0) is 71.3 Å². The van der Waals surface area contributed by atoms with Crippen LogP contribution < -0.4 is 0 Å². The van der Waals surface area contributed by atoms with E-state index in [1.807, 2.05) is 34.5 Å². The molecule has 1 aliphatic heterocycles. The minimum absolute atomic E-state index is 0.0224. The van der Waals surface area contributed by atoms with Crippen molar-refractivity contribution < 1.29 is 19.2 Å². The van der Waals surface area contributed by atoms with Gasteiger partial charge >= 0.3 is 0 Å². The zero-order valence-corrected chi connectivity index (χ0v) is 22.5. The Balaban J connectivity index is 1.53. The molecule has 1 atom stereocenters. The molecule has 0 N–H and O–H groups in total. The lowest BCUT2D eigenvalue weighted by atomic mass is 9.93. The molecule has 38 heavy (non-hydrogen) atoms. The zero-order chi connectivity index (χ0) is 27.1. The molecule has 8 nitrogen and oxygen atoms in total. The van der Waals surface area contributed by atoms with Crippen molar-refractivity contribution in [2.24, 2.45) is 0 Å². The van der Waals surface area contributed by atoms with Gasteiger partial charge in [0.15, 0.2) is 0 Å². The van der Waals surface area contributed by atoms with Crippen LogP contribution in [0, 0.1) is 10.1 Å². The third-order valence-corrected chi connectivity index (χ3v) is 7.66. The second-order valence-corrected chi connectivity index (χ2v) is 10.3. The Hall–Kier alpha value is -3.53. The monoisotopic (exact) mass is 553 g/mol. The van der Waals surface area contributed by atoms with Gasteiger partial charge in [0.2, 0.25) is 11.8 Å². The Labute approximate surface area is 230 Å². The lowest BCUT2D eigenvalue weighted by Gasteiger charge is -2.37. The van der Waals surface area contributed by atoms with Gasteiger partial charge in [-0.25, -0.2) is 0 Å². The summed E-state index contributed by atoms with van der Waals surface area (Å²) in [7, 11) is 1.59. The number of nitrogens with zero attached hydrogens (tertiary/aromatic N) is 3. The number of benzene rings is 2. The van der Waals surface area contributed by atoms with Gasteiger partial charge in [0.1, 0.15) is 6.54 Å². The first kappa shape index (κ1) is 27.5. The van der Waals surface area contributed by atoms with Crippen LogP contribution in [-0.4, -0.2) is 59.9 Å². The minimum Gasteiger partial charge on any atom is -0.385 e. The fourth-order valence-corrected chi connectivity index (χ4v) is 5.52. The van der Waals surface area contributed by atoms with E-state index < -0.39 is 4.92 Å². The molecule has 1 aromatic heterocycles. The van der Waals surface area contributed by atoms with E-state index in [0.29, 0.717) is 36.7 Å². The number of thiophene rings is 1. The van der Waals surface area contributed by atoms with E-state index in [1.165, 1.54) is 28.0 Å². The first-order chi connectivity index (χ1) is 18.4. The maximum Gasteiger partial charge on any atom is 0.269 e. The van der Waals surface area contributed by atoms with Crippen molar-refractivity contribution in [3.8, 4) is 0 Å². The number of methoxy groups -OCH3 is 1. The molecule has 0 spiro atoms. The van der Waals surface area contributed by atoms with Gasteiger partial charge in [-0.15, -0.1) is 11.3 Å². The normalized spacial score (nSPS) is 14.9. The number of nitro groups is 1. The predicted molar refractivity (Wildman–Crippen MR) is 148 cm³/mol. The van der Waals surface area contributed by atoms with Crippen LogP contribution >= 0.6 is 22.9 Å². The maximum atomic E-state index is 13.7. The summed E-state index contributed by atoms with van der Waals surface area (Å²) in [4.78, 5) is 41.9. The smallest absolute Gasteiger partial charge is 0.269 e. The molecule has 2 amide bonds. The fourth-order valence-electron chi connectivity index (χ4n) is 4.49. The van der Waals surface area contributed by atoms with Crippen molar-refractivity contribution in [2.45, 2.75) is 18.9 Å². The number of rotatable bonds is 10. The Morgan fingerprint density at radius 2 is 1.92 bits per heavy atom. The van der Waals surface area contributed by atoms with E-state index in [9.17, 15) is 19.7 Å². The number of carbonyl (C=O) groups excluding carboxylic acids is 2. The van der Waals surface area contributed by atoms with Gasteiger partial charge in [-0.1, -0.05) is 23.7 Å².